The highest BCUT2D eigenvalue weighted by Crippen LogP contribution is 2.48. The van der Waals surface area contributed by atoms with Crippen LogP contribution in [0.3, 0.4) is 0 Å². The first kappa shape index (κ1) is 27.0. The van der Waals surface area contributed by atoms with Crippen LogP contribution in [0.25, 0.3) is 11.3 Å². The van der Waals surface area contributed by atoms with E-state index in [1.807, 2.05) is 74.5 Å². The van der Waals surface area contributed by atoms with Crippen LogP contribution in [0.15, 0.2) is 85.1 Å². The summed E-state index contributed by atoms with van der Waals surface area (Å²) in [5, 5.41) is 24.7. The Morgan fingerprint density at radius 1 is 0.875 bits per heavy atom. The predicted octanol–water partition coefficient (Wildman–Crippen LogP) is 5.01. The number of H-pyrrole nitrogens is 1. The Bertz CT molecular complexity index is 1560. The van der Waals surface area contributed by atoms with E-state index >= 15 is 0 Å². The summed E-state index contributed by atoms with van der Waals surface area (Å²) in [5.41, 5.74) is 3.00. The van der Waals surface area contributed by atoms with Crippen LogP contribution in [0, 0.1) is 25.7 Å². The Labute approximate surface area is 232 Å². The van der Waals surface area contributed by atoms with Crippen LogP contribution in [-0.4, -0.2) is 38.5 Å². The number of hydrogen-bond acceptors (Lipinski definition) is 5. The van der Waals surface area contributed by atoms with Crippen LogP contribution in [0.4, 0.5) is 11.4 Å². The molecule has 5 rings (SSSR count). The average molecular weight is 537 g/mol. The molecule has 40 heavy (non-hydrogen) atoms. The van der Waals surface area contributed by atoms with Gasteiger partial charge >= 0.3 is 0 Å². The monoisotopic (exact) mass is 536 g/mol. The Morgan fingerprint density at radius 2 is 1.43 bits per heavy atom. The first-order chi connectivity index (χ1) is 19.2. The maximum absolute atomic E-state index is 14.0. The number of carbonyl (C=O) groups excluding carboxylic acids is 3. The van der Waals surface area contributed by atoms with Gasteiger partial charge in [0, 0.05) is 29.3 Å². The minimum Gasteiger partial charge on any atom is -0.389 e. The minimum absolute atomic E-state index is 0.347. The molecule has 0 saturated heterocycles. The summed E-state index contributed by atoms with van der Waals surface area (Å²) in [6.45, 7) is 5.22. The predicted molar refractivity (Wildman–Crippen MR) is 154 cm³/mol. The molecule has 0 bridgehead atoms. The first-order valence-corrected chi connectivity index (χ1v) is 13.2. The quantitative estimate of drug-likeness (QED) is 0.258. The zero-order valence-corrected chi connectivity index (χ0v) is 22.6. The van der Waals surface area contributed by atoms with Crippen LogP contribution < -0.4 is 10.6 Å². The van der Waals surface area contributed by atoms with E-state index in [1.165, 1.54) is 6.92 Å². The summed E-state index contributed by atoms with van der Waals surface area (Å²) < 4.78 is 0. The summed E-state index contributed by atoms with van der Waals surface area (Å²) in [4.78, 5) is 41.6. The van der Waals surface area contributed by atoms with Crippen molar-refractivity contribution in [3.8, 4) is 11.3 Å². The van der Waals surface area contributed by atoms with E-state index in [-0.39, 0.29) is 6.42 Å². The van der Waals surface area contributed by atoms with Crippen molar-refractivity contribution >= 4 is 29.0 Å². The molecule has 1 fully saturated rings. The van der Waals surface area contributed by atoms with Crippen molar-refractivity contribution in [2.75, 3.05) is 10.6 Å². The number of nitrogens with one attached hydrogen (secondary N) is 3. The molecule has 204 valence electrons. The van der Waals surface area contributed by atoms with Gasteiger partial charge in [-0.05, 0) is 49.6 Å². The topological polar surface area (TPSA) is 124 Å². The molecule has 0 aliphatic heterocycles. The van der Waals surface area contributed by atoms with Gasteiger partial charge in [0.15, 0.2) is 0 Å². The van der Waals surface area contributed by atoms with Gasteiger partial charge in [-0.25, -0.2) is 0 Å². The maximum Gasteiger partial charge on any atom is 0.235 e. The molecule has 4 aromatic rings. The number of para-hydroxylation sites is 2. The Kier molecular flexibility index (Phi) is 7.36. The number of Topliss-reactive ketones (excluding diaryl/α,β-unsaturated/α-hetero) is 1. The van der Waals surface area contributed by atoms with Gasteiger partial charge in [-0.15, -0.1) is 0 Å². The smallest absolute Gasteiger partial charge is 0.235 e. The van der Waals surface area contributed by atoms with Gasteiger partial charge in [-0.1, -0.05) is 66.7 Å². The van der Waals surface area contributed by atoms with Crippen molar-refractivity contribution in [2.45, 2.75) is 38.7 Å². The summed E-state index contributed by atoms with van der Waals surface area (Å²) >= 11 is 0. The molecule has 0 spiro atoms. The van der Waals surface area contributed by atoms with Crippen molar-refractivity contribution in [1.29, 1.82) is 0 Å². The number of anilines is 2. The molecule has 1 aromatic heterocycles. The second-order valence-corrected chi connectivity index (χ2v) is 10.7. The number of aromatic amines is 1. The molecule has 1 aliphatic carbocycles. The molecule has 3 aromatic carbocycles. The van der Waals surface area contributed by atoms with Crippen molar-refractivity contribution in [3.05, 3.63) is 102 Å². The third-order valence-corrected chi connectivity index (χ3v) is 7.73. The van der Waals surface area contributed by atoms with Gasteiger partial charge in [0.2, 0.25) is 11.8 Å². The van der Waals surface area contributed by atoms with Crippen LogP contribution in [0.1, 0.15) is 36.0 Å². The lowest BCUT2D eigenvalue weighted by molar-refractivity contribution is -0.150. The van der Waals surface area contributed by atoms with Crippen LogP contribution in [-0.2, 0) is 14.4 Å². The lowest BCUT2D eigenvalue weighted by Gasteiger charge is -2.44. The molecule has 2 amide bonds. The standard InChI is InChI=1S/C32H32N4O4/c1-19-11-7-9-15-23(19)34-30(38)27-25(37)17-32(3,40)28(31(39)35-24-16-10-8-12-20(24)2)26(27)22-18-33-36-29(22)21-13-5-4-6-14-21/h4-16,18,26-28,40H,17H2,1-3H3,(H,33,36)(H,34,38)(H,35,39)/t26-,27-,28+,32+/m1/s1. The molecule has 1 saturated carbocycles. The molecule has 8 heteroatoms. The largest absolute Gasteiger partial charge is 0.389 e. The van der Waals surface area contributed by atoms with Crippen molar-refractivity contribution < 1.29 is 19.5 Å². The number of aromatic nitrogens is 2. The van der Waals surface area contributed by atoms with Gasteiger partial charge in [-0.3, -0.25) is 19.5 Å². The summed E-state index contributed by atoms with van der Waals surface area (Å²) in [6.07, 6.45) is 1.20. The maximum atomic E-state index is 14.0. The molecule has 4 atom stereocenters. The van der Waals surface area contributed by atoms with Crippen molar-refractivity contribution in [2.24, 2.45) is 11.8 Å². The fourth-order valence-electron chi connectivity index (χ4n) is 5.70. The van der Waals surface area contributed by atoms with Crippen LogP contribution in [0.2, 0.25) is 0 Å². The van der Waals surface area contributed by atoms with Gasteiger partial charge < -0.3 is 15.7 Å². The summed E-state index contributed by atoms with van der Waals surface area (Å²) in [6, 6.07) is 24.0. The fourth-order valence-corrected chi connectivity index (χ4v) is 5.70. The normalized spacial score (nSPS) is 22.5. The van der Waals surface area contributed by atoms with E-state index in [9.17, 15) is 19.5 Å². The van der Waals surface area contributed by atoms with E-state index in [4.69, 9.17) is 0 Å². The molecule has 1 heterocycles. The highest BCUT2D eigenvalue weighted by atomic mass is 16.3. The molecule has 0 unspecified atom stereocenters. The van der Waals surface area contributed by atoms with Crippen LogP contribution in [0.5, 0.6) is 0 Å². The molecular weight excluding hydrogens is 504 g/mol. The number of aliphatic hydroxyl groups is 1. The second kappa shape index (κ2) is 10.9. The fraction of sp³-hybridized carbons (Fsp3) is 0.250. The zero-order chi connectivity index (χ0) is 28.4. The average Bonchev–Trinajstić information content (AvgIpc) is 3.40. The number of amides is 2. The Hall–Kier alpha value is -4.56. The van der Waals surface area contributed by atoms with Gasteiger partial charge in [-0.2, -0.15) is 5.10 Å². The number of ketones is 1. The summed E-state index contributed by atoms with van der Waals surface area (Å²) in [5.74, 6) is -4.84. The minimum atomic E-state index is -1.72. The number of rotatable bonds is 6. The number of nitrogens with zero attached hydrogens (tertiary/aromatic N) is 1. The van der Waals surface area contributed by atoms with Gasteiger partial charge in [0.25, 0.3) is 0 Å². The van der Waals surface area contributed by atoms with Crippen molar-refractivity contribution in [3.63, 3.8) is 0 Å². The van der Waals surface area contributed by atoms with Gasteiger partial charge in [0.05, 0.1) is 23.4 Å². The van der Waals surface area contributed by atoms with E-state index in [0.717, 1.165) is 16.7 Å². The molecule has 8 nitrogen and oxygen atoms in total. The SMILES string of the molecule is Cc1ccccc1NC(=O)[C@@H]1C(=O)C[C@](C)(O)[C@H](C(=O)Nc2ccccc2C)[C@@H]1c1cn[nH]c1-c1ccccc1. The van der Waals surface area contributed by atoms with E-state index < -0.39 is 41.0 Å². The molecule has 0 radical (unpaired) electrons. The zero-order valence-electron chi connectivity index (χ0n) is 22.6. The third kappa shape index (κ3) is 5.18. The van der Waals surface area contributed by atoms with Gasteiger partial charge in [0.1, 0.15) is 11.7 Å². The van der Waals surface area contributed by atoms with Crippen molar-refractivity contribution in [1.82, 2.24) is 10.2 Å². The first-order valence-electron chi connectivity index (χ1n) is 13.2. The summed E-state index contributed by atoms with van der Waals surface area (Å²) in [7, 11) is 0. The molecular formula is C32H32N4O4. The Balaban J connectivity index is 1.63. The highest BCUT2D eigenvalue weighted by molar-refractivity contribution is 6.11. The number of hydrogen-bond donors (Lipinski definition) is 4. The van der Waals surface area contributed by atoms with Crippen LogP contribution >= 0.6 is 0 Å². The lowest BCUT2D eigenvalue weighted by atomic mass is 9.61. The second-order valence-electron chi connectivity index (χ2n) is 10.7. The molecule has 4 N–H and O–H groups in total. The van der Waals surface area contributed by atoms with E-state index in [1.54, 1.807) is 24.4 Å². The number of carbonyl (C=O) groups is 3. The van der Waals surface area contributed by atoms with E-state index in [2.05, 4.69) is 20.8 Å². The Morgan fingerprint density at radius 3 is 2.02 bits per heavy atom. The molecule has 1 aliphatic rings. The highest BCUT2D eigenvalue weighted by Gasteiger charge is 2.56. The third-order valence-electron chi connectivity index (χ3n) is 7.73. The number of aryl methyl sites for hydroxylation is 2. The van der Waals surface area contributed by atoms with E-state index in [0.29, 0.717) is 22.6 Å². The number of benzene rings is 3. The lowest BCUT2D eigenvalue weighted by Crippen LogP contribution is -2.56.